The minimum Gasteiger partial charge on any atom is -0.321 e. The Labute approximate surface area is 184 Å². The molecular formula is C26H21N5O. The predicted molar refractivity (Wildman–Crippen MR) is 130 cm³/mol. The van der Waals surface area contributed by atoms with E-state index < -0.39 is 0 Å². The maximum Gasteiger partial charge on any atom is 0.257 e. The number of anilines is 1. The highest BCUT2D eigenvalue weighted by Crippen LogP contribution is 2.28. The fourth-order valence-electron chi connectivity index (χ4n) is 3.76. The van der Waals surface area contributed by atoms with Crippen LogP contribution >= 0.6 is 0 Å². The van der Waals surface area contributed by atoms with Crippen molar-refractivity contribution in [1.82, 2.24) is 15.0 Å². The molecule has 6 heteroatoms. The molecule has 156 valence electrons. The van der Waals surface area contributed by atoms with Crippen LogP contribution in [0.4, 0.5) is 5.95 Å². The van der Waals surface area contributed by atoms with Crippen LogP contribution in [0, 0.1) is 13.8 Å². The fourth-order valence-corrected chi connectivity index (χ4v) is 3.76. The monoisotopic (exact) mass is 419 g/mol. The van der Waals surface area contributed by atoms with E-state index in [2.05, 4.69) is 26.6 Å². The predicted octanol–water partition coefficient (Wildman–Crippen LogP) is 5.20. The second-order valence-electron chi connectivity index (χ2n) is 7.75. The van der Waals surface area contributed by atoms with Gasteiger partial charge in [-0.2, -0.15) is 5.10 Å². The second-order valence-corrected chi connectivity index (χ2v) is 7.75. The normalized spacial score (nSPS) is 11.4. The summed E-state index contributed by atoms with van der Waals surface area (Å²) in [4.78, 5) is 24.7. The quantitative estimate of drug-likeness (QED) is 0.310. The highest BCUT2D eigenvalue weighted by Gasteiger charge is 2.10. The summed E-state index contributed by atoms with van der Waals surface area (Å²) in [5.74, 6) is 0.365. The van der Waals surface area contributed by atoms with Crippen molar-refractivity contribution < 1.29 is 0 Å². The molecule has 0 unspecified atom stereocenters. The molecule has 0 amide bonds. The fraction of sp³-hybridized carbons (Fsp3) is 0.0769. The van der Waals surface area contributed by atoms with E-state index in [4.69, 9.17) is 4.98 Å². The number of rotatable bonds is 4. The molecule has 0 saturated carbocycles. The first kappa shape index (κ1) is 19.6. The summed E-state index contributed by atoms with van der Waals surface area (Å²) in [5, 5.41) is 6.17. The topological polar surface area (TPSA) is 83.0 Å². The van der Waals surface area contributed by atoms with Crippen molar-refractivity contribution in [2.75, 3.05) is 5.43 Å². The molecule has 5 aromatic rings. The first-order valence-corrected chi connectivity index (χ1v) is 10.3. The number of fused-ring (bicyclic) bond motifs is 2. The summed E-state index contributed by atoms with van der Waals surface area (Å²) in [6.07, 6.45) is 1.49. The Balaban J connectivity index is 1.52. The molecule has 5 rings (SSSR count). The Morgan fingerprint density at radius 1 is 0.938 bits per heavy atom. The molecule has 0 aliphatic carbocycles. The summed E-state index contributed by atoms with van der Waals surface area (Å²) >= 11 is 0. The maximum absolute atomic E-state index is 12.5. The van der Waals surface area contributed by atoms with Gasteiger partial charge in [-0.15, -0.1) is 0 Å². The molecule has 0 bridgehead atoms. The zero-order chi connectivity index (χ0) is 22.1. The van der Waals surface area contributed by atoms with Gasteiger partial charge in [-0.3, -0.25) is 4.79 Å². The highest BCUT2D eigenvalue weighted by atomic mass is 16.1. The molecule has 6 nitrogen and oxygen atoms in total. The Morgan fingerprint density at radius 2 is 1.78 bits per heavy atom. The smallest absolute Gasteiger partial charge is 0.257 e. The van der Waals surface area contributed by atoms with E-state index in [1.807, 2.05) is 80.6 Å². The Hall–Kier alpha value is -4.32. The number of H-pyrrole nitrogens is 1. The number of aromatic nitrogens is 3. The Kier molecular flexibility index (Phi) is 4.95. The number of hydrazone groups is 1. The molecule has 0 radical (unpaired) electrons. The number of nitrogens with zero attached hydrogens (tertiary/aromatic N) is 3. The van der Waals surface area contributed by atoms with Crippen LogP contribution in [0.25, 0.3) is 33.1 Å². The first-order valence-electron chi connectivity index (χ1n) is 10.3. The number of aryl methyl sites for hydroxylation is 2. The van der Waals surface area contributed by atoms with Crippen LogP contribution in [-0.2, 0) is 0 Å². The van der Waals surface area contributed by atoms with Gasteiger partial charge in [0.25, 0.3) is 5.56 Å². The van der Waals surface area contributed by atoms with Crippen LogP contribution in [0.3, 0.4) is 0 Å². The second kappa shape index (κ2) is 8.07. The largest absolute Gasteiger partial charge is 0.321 e. The van der Waals surface area contributed by atoms with Crippen LogP contribution in [0.1, 0.15) is 16.7 Å². The van der Waals surface area contributed by atoms with Crippen LogP contribution < -0.4 is 11.0 Å². The molecule has 3 aromatic carbocycles. The van der Waals surface area contributed by atoms with E-state index in [1.54, 1.807) is 0 Å². The molecule has 32 heavy (non-hydrogen) atoms. The third kappa shape index (κ3) is 3.74. The third-order valence-corrected chi connectivity index (χ3v) is 5.38. The standard InChI is InChI=1S/C26H21N5O/c1-16-11-12-22-21(13-16)24(18-8-4-3-5-9-18)30-26(28-22)31-27-15-20-14-19-10-6-7-17(2)23(19)29-25(20)32/h3-15H,1-2H3,(H,29,32)(H,28,30,31)/b27-15+. The molecule has 0 saturated heterocycles. The molecule has 2 N–H and O–H groups in total. The van der Waals surface area contributed by atoms with Gasteiger partial charge in [-0.05, 0) is 43.0 Å². The van der Waals surface area contributed by atoms with Crippen molar-refractivity contribution in [3.05, 3.63) is 99.8 Å². The zero-order valence-corrected chi connectivity index (χ0v) is 17.8. The number of nitrogens with one attached hydrogen (secondary N) is 2. The average Bonchev–Trinajstić information content (AvgIpc) is 2.80. The molecule has 0 atom stereocenters. The third-order valence-electron chi connectivity index (χ3n) is 5.38. The van der Waals surface area contributed by atoms with Crippen LogP contribution in [0.5, 0.6) is 0 Å². The summed E-state index contributed by atoms with van der Waals surface area (Å²) in [5.41, 5.74) is 8.80. The van der Waals surface area contributed by atoms with Gasteiger partial charge < -0.3 is 4.98 Å². The van der Waals surface area contributed by atoms with E-state index in [9.17, 15) is 4.79 Å². The van der Waals surface area contributed by atoms with Gasteiger partial charge >= 0.3 is 0 Å². The van der Waals surface area contributed by atoms with Gasteiger partial charge in [0.15, 0.2) is 0 Å². The van der Waals surface area contributed by atoms with Gasteiger partial charge in [0.1, 0.15) is 0 Å². The van der Waals surface area contributed by atoms with E-state index in [1.165, 1.54) is 6.21 Å². The van der Waals surface area contributed by atoms with Gasteiger partial charge in [0.2, 0.25) is 5.95 Å². The zero-order valence-electron chi connectivity index (χ0n) is 17.8. The van der Waals surface area contributed by atoms with Crippen molar-refractivity contribution in [2.45, 2.75) is 13.8 Å². The van der Waals surface area contributed by atoms with Gasteiger partial charge in [-0.25, -0.2) is 15.4 Å². The molecule has 0 fully saturated rings. The lowest BCUT2D eigenvalue weighted by atomic mass is 10.0. The number of hydrogen-bond acceptors (Lipinski definition) is 5. The lowest BCUT2D eigenvalue weighted by molar-refractivity contribution is 1.15. The Morgan fingerprint density at radius 3 is 2.62 bits per heavy atom. The molecule has 0 aliphatic rings. The first-order chi connectivity index (χ1) is 15.6. The number of pyridine rings is 1. The van der Waals surface area contributed by atoms with Crippen molar-refractivity contribution >= 4 is 34.0 Å². The molecule has 0 spiro atoms. The lowest BCUT2D eigenvalue weighted by Gasteiger charge is -2.09. The average molecular weight is 419 g/mol. The summed E-state index contributed by atoms with van der Waals surface area (Å²) < 4.78 is 0. The minimum atomic E-state index is -0.197. The summed E-state index contributed by atoms with van der Waals surface area (Å²) in [6.45, 7) is 4.02. The number of aromatic amines is 1. The molecular weight excluding hydrogens is 398 g/mol. The molecule has 0 aliphatic heterocycles. The van der Waals surface area contributed by atoms with E-state index in [0.29, 0.717) is 11.5 Å². The van der Waals surface area contributed by atoms with Crippen LogP contribution in [0.2, 0.25) is 0 Å². The van der Waals surface area contributed by atoms with Gasteiger partial charge in [0, 0.05) is 10.9 Å². The van der Waals surface area contributed by atoms with Gasteiger partial charge in [0.05, 0.1) is 28.5 Å². The Bertz CT molecular complexity index is 1540. The SMILES string of the molecule is Cc1ccc2nc(N/N=C/c3cc4cccc(C)c4[nH]c3=O)nc(-c3ccccc3)c2c1. The molecule has 2 heterocycles. The number of para-hydroxylation sites is 1. The van der Waals surface area contributed by atoms with Crippen molar-refractivity contribution in [1.29, 1.82) is 0 Å². The summed E-state index contributed by atoms with van der Waals surface area (Å²) in [6, 6.07) is 23.8. The lowest BCUT2D eigenvalue weighted by Crippen LogP contribution is -2.12. The molecule has 2 aromatic heterocycles. The van der Waals surface area contributed by atoms with E-state index >= 15 is 0 Å². The van der Waals surface area contributed by atoms with E-state index in [0.717, 1.165) is 44.2 Å². The maximum atomic E-state index is 12.5. The van der Waals surface area contributed by atoms with Crippen molar-refractivity contribution in [2.24, 2.45) is 5.10 Å². The van der Waals surface area contributed by atoms with Crippen LogP contribution in [0.15, 0.2) is 82.7 Å². The van der Waals surface area contributed by atoms with Gasteiger partial charge in [-0.1, -0.05) is 60.2 Å². The number of hydrogen-bond donors (Lipinski definition) is 2. The van der Waals surface area contributed by atoms with Crippen LogP contribution in [-0.4, -0.2) is 21.2 Å². The highest BCUT2D eigenvalue weighted by molar-refractivity contribution is 5.94. The number of benzene rings is 3. The van der Waals surface area contributed by atoms with Crippen molar-refractivity contribution in [3.8, 4) is 11.3 Å². The minimum absolute atomic E-state index is 0.197. The summed E-state index contributed by atoms with van der Waals surface area (Å²) in [7, 11) is 0. The van der Waals surface area contributed by atoms with E-state index in [-0.39, 0.29) is 5.56 Å². The van der Waals surface area contributed by atoms with Crippen molar-refractivity contribution in [3.63, 3.8) is 0 Å².